The lowest BCUT2D eigenvalue weighted by Crippen LogP contribution is -2.36. The Morgan fingerprint density at radius 3 is 2.61 bits per heavy atom. The van der Waals surface area contributed by atoms with E-state index in [4.69, 9.17) is 4.74 Å². The van der Waals surface area contributed by atoms with E-state index in [1.54, 1.807) is 25.1 Å². The van der Waals surface area contributed by atoms with Crippen LogP contribution in [0.3, 0.4) is 0 Å². The van der Waals surface area contributed by atoms with Gasteiger partial charge in [-0.25, -0.2) is 4.79 Å². The third kappa shape index (κ3) is 4.78. The SMILES string of the molecule is CCC(=O)Nc1ccc(C=Cc2ccccc2N2CCOCC2)cc1C(=O)O. The molecule has 1 heterocycles. The number of aromatic carboxylic acids is 1. The van der Waals surface area contributed by atoms with Gasteiger partial charge in [0.05, 0.1) is 24.5 Å². The summed E-state index contributed by atoms with van der Waals surface area (Å²) in [6, 6.07) is 13.1. The third-order valence-electron chi connectivity index (χ3n) is 4.61. The molecule has 2 aromatic carbocycles. The molecule has 0 bridgehead atoms. The van der Waals surface area contributed by atoms with Crippen molar-refractivity contribution in [1.82, 2.24) is 0 Å². The predicted molar refractivity (Wildman–Crippen MR) is 111 cm³/mol. The van der Waals surface area contributed by atoms with Crippen molar-refractivity contribution in [2.75, 3.05) is 36.5 Å². The Kier molecular flexibility index (Phi) is 6.45. The fraction of sp³-hybridized carbons (Fsp3) is 0.273. The molecule has 0 spiro atoms. The maximum Gasteiger partial charge on any atom is 0.337 e. The number of hydrogen-bond acceptors (Lipinski definition) is 4. The van der Waals surface area contributed by atoms with Gasteiger partial charge in [-0.1, -0.05) is 43.3 Å². The van der Waals surface area contributed by atoms with Crippen LogP contribution >= 0.6 is 0 Å². The minimum absolute atomic E-state index is 0.0745. The minimum atomic E-state index is -1.07. The van der Waals surface area contributed by atoms with Crippen LogP contribution < -0.4 is 10.2 Å². The number of para-hydroxylation sites is 1. The van der Waals surface area contributed by atoms with Crippen molar-refractivity contribution in [3.05, 3.63) is 59.2 Å². The monoisotopic (exact) mass is 380 g/mol. The minimum Gasteiger partial charge on any atom is -0.478 e. The number of anilines is 2. The van der Waals surface area contributed by atoms with Gasteiger partial charge in [0.15, 0.2) is 0 Å². The molecule has 1 fully saturated rings. The van der Waals surface area contributed by atoms with E-state index in [9.17, 15) is 14.7 Å². The van der Waals surface area contributed by atoms with Crippen molar-refractivity contribution < 1.29 is 19.4 Å². The molecule has 2 N–H and O–H groups in total. The number of hydrogen-bond donors (Lipinski definition) is 2. The van der Waals surface area contributed by atoms with Crippen LogP contribution in [-0.2, 0) is 9.53 Å². The van der Waals surface area contributed by atoms with Gasteiger partial charge in [-0.15, -0.1) is 0 Å². The predicted octanol–water partition coefficient (Wildman–Crippen LogP) is 3.74. The number of benzene rings is 2. The molecular formula is C22H24N2O4. The lowest BCUT2D eigenvalue weighted by atomic mass is 10.1. The summed E-state index contributed by atoms with van der Waals surface area (Å²) < 4.78 is 5.43. The van der Waals surface area contributed by atoms with Crippen molar-refractivity contribution in [3.8, 4) is 0 Å². The number of carbonyl (C=O) groups excluding carboxylic acids is 1. The maximum absolute atomic E-state index is 11.6. The Labute approximate surface area is 164 Å². The average molecular weight is 380 g/mol. The first-order chi connectivity index (χ1) is 13.6. The highest BCUT2D eigenvalue weighted by Gasteiger charge is 2.14. The number of carboxylic acid groups (broad SMARTS) is 1. The Balaban J connectivity index is 1.85. The van der Waals surface area contributed by atoms with E-state index in [1.807, 2.05) is 30.4 Å². The average Bonchev–Trinajstić information content (AvgIpc) is 2.73. The van der Waals surface area contributed by atoms with Crippen molar-refractivity contribution in [2.24, 2.45) is 0 Å². The molecule has 6 heteroatoms. The van der Waals surface area contributed by atoms with Crippen LogP contribution in [-0.4, -0.2) is 43.3 Å². The first kappa shape index (κ1) is 19.6. The molecule has 3 rings (SSSR count). The van der Waals surface area contributed by atoms with Gasteiger partial charge in [-0.2, -0.15) is 0 Å². The van der Waals surface area contributed by atoms with E-state index in [0.29, 0.717) is 25.3 Å². The molecule has 0 radical (unpaired) electrons. The van der Waals surface area contributed by atoms with Crippen molar-refractivity contribution in [3.63, 3.8) is 0 Å². The maximum atomic E-state index is 11.6. The number of nitrogens with one attached hydrogen (secondary N) is 1. The van der Waals surface area contributed by atoms with Gasteiger partial charge in [0.25, 0.3) is 0 Å². The fourth-order valence-electron chi connectivity index (χ4n) is 3.10. The van der Waals surface area contributed by atoms with Crippen LogP contribution in [0, 0.1) is 0 Å². The normalized spacial score (nSPS) is 14.2. The van der Waals surface area contributed by atoms with Crippen molar-refractivity contribution >= 4 is 35.4 Å². The second kappa shape index (κ2) is 9.19. The Morgan fingerprint density at radius 2 is 1.89 bits per heavy atom. The van der Waals surface area contributed by atoms with Crippen LogP contribution in [0.4, 0.5) is 11.4 Å². The number of nitrogens with zero attached hydrogens (tertiary/aromatic N) is 1. The molecule has 0 atom stereocenters. The first-order valence-electron chi connectivity index (χ1n) is 9.35. The van der Waals surface area contributed by atoms with Gasteiger partial charge in [0.1, 0.15) is 0 Å². The van der Waals surface area contributed by atoms with Crippen molar-refractivity contribution in [2.45, 2.75) is 13.3 Å². The quantitative estimate of drug-likeness (QED) is 0.747. The topological polar surface area (TPSA) is 78.9 Å². The van der Waals surface area contributed by atoms with Crippen molar-refractivity contribution in [1.29, 1.82) is 0 Å². The van der Waals surface area contributed by atoms with Crippen LogP contribution in [0.5, 0.6) is 0 Å². The van der Waals surface area contributed by atoms with Gasteiger partial charge >= 0.3 is 5.97 Å². The van der Waals surface area contributed by atoms with Gasteiger partial charge in [0.2, 0.25) is 5.91 Å². The fourth-order valence-corrected chi connectivity index (χ4v) is 3.10. The van der Waals surface area contributed by atoms with E-state index in [1.165, 1.54) is 0 Å². The molecular weight excluding hydrogens is 356 g/mol. The summed E-state index contributed by atoms with van der Waals surface area (Å²) in [5.41, 5.74) is 3.33. The van der Waals surface area contributed by atoms with E-state index < -0.39 is 5.97 Å². The van der Waals surface area contributed by atoms with E-state index in [-0.39, 0.29) is 11.5 Å². The molecule has 1 aliphatic heterocycles. The molecule has 28 heavy (non-hydrogen) atoms. The highest BCUT2D eigenvalue weighted by atomic mass is 16.5. The molecule has 1 amide bonds. The van der Waals surface area contributed by atoms with E-state index >= 15 is 0 Å². The number of ether oxygens (including phenoxy) is 1. The summed E-state index contributed by atoms with van der Waals surface area (Å²) in [6.45, 7) is 4.84. The standard InChI is InChI=1S/C22H24N2O4/c1-2-21(25)23-19-10-8-16(15-18(19)22(26)27)7-9-17-5-3-4-6-20(17)24-11-13-28-14-12-24/h3-10,15H,2,11-14H2,1H3,(H,23,25)(H,26,27). The zero-order valence-electron chi connectivity index (χ0n) is 15.9. The number of morpholine rings is 1. The number of rotatable bonds is 6. The highest BCUT2D eigenvalue weighted by Crippen LogP contribution is 2.25. The second-order valence-electron chi connectivity index (χ2n) is 6.50. The summed E-state index contributed by atoms with van der Waals surface area (Å²) >= 11 is 0. The molecule has 0 aliphatic carbocycles. The second-order valence-corrected chi connectivity index (χ2v) is 6.50. The van der Waals surface area contributed by atoms with E-state index in [0.717, 1.165) is 29.9 Å². The lowest BCUT2D eigenvalue weighted by molar-refractivity contribution is -0.115. The summed E-state index contributed by atoms with van der Waals surface area (Å²) in [5.74, 6) is -1.29. The Bertz CT molecular complexity index is 886. The molecule has 6 nitrogen and oxygen atoms in total. The molecule has 0 saturated carbocycles. The summed E-state index contributed by atoms with van der Waals surface area (Å²) in [5, 5.41) is 12.1. The number of carboxylic acids is 1. The summed E-state index contributed by atoms with van der Waals surface area (Å²) in [7, 11) is 0. The summed E-state index contributed by atoms with van der Waals surface area (Å²) in [4.78, 5) is 25.5. The van der Waals surface area contributed by atoms with E-state index in [2.05, 4.69) is 16.3 Å². The molecule has 2 aromatic rings. The third-order valence-corrected chi connectivity index (χ3v) is 4.61. The number of amides is 1. The van der Waals surface area contributed by atoms with Crippen LogP contribution in [0.25, 0.3) is 12.2 Å². The molecule has 1 aliphatic rings. The smallest absolute Gasteiger partial charge is 0.337 e. The van der Waals surface area contributed by atoms with Gasteiger partial charge in [-0.3, -0.25) is 4.79 Å². The summed E-state index contributed by atoms with van der Waals surface area (Å²) in [6.07, 6.45) is 4.16. The Hall–Kier alpha value is -3.12. The number of carbonyl (C=O) groups is 2. The van der Waals surface area contributed by atoms with Crippen LogP contribution in [0.2, 0.25) is 0 Å². The van der Waals surface area contributed by atoms with Crippen LogP contribution in [0.15, 0.2) is 42.5 Å². The lowest BCUT2D eigenvalue weighted by Gasteiger charge is -2.30. The molecule has 0 unspecified atom stereocenters. The van der Waals surface area contributed by atoms with Crippen LogP contribution in [0.1, 0.15) is 34.8 Å². The molecule has 146 valence electrons. The first-order valence-corrected chi connectivity index (χ1v) is 9.35. The molecule has 1 saturated heterocycles. The zero-order chi connectivity index (χ0) is 19.9. The van der Waals surface area contributed by atoms with Gasteiger partial charge in [0, 0.05) is 25.2 Å². The Morgan fingerprint density at radius 1 is 1.14 bits per heavy atom. The largest absolute Gasteiger partial charge is 0.478 e. The van der Waals surface area contributed by atoms with Gasteiger partial charge < -0.3 is 20.1 Å². The zero-order valence-corrected chi connectivity index (χ0v) is 15.9. The highest BCUT2D eigenvalue weighted by molar-refractivity contribution is 6.01. The van der Waals surface area contributed by atoms with Gasteiger partial charge in [-0.05, 0) is 29.3 Å². The molecule has 0 aromatic heterocycles.